The van der Waals surface area contributed by atoms with Crippen molar-refractivity contribution in [3.05, 3.63) is 199 Å². The maximum absolute atomic E-state index is 11.7. The van der Waals surface area contributed by atoms with Crippen molar-refractivity contribution in [3.63, 3.8) is 0 Å². The molecule has 0 fully saturated rings. The van der Waals surface area contributed by atoms with Crippen molar-refractivity contribution in [1.29, 1.82) is 0 Å². The van der Waals surface area contributed by atoms with Crippen LogP contribution in [0, 0.1) is 101 Å². The van der Waals surface area contributed by atoms with Crippen LogP contribution in [0.3, 0.4) is 0 Å². The first-order chi connectivity index (χ1) is 30.0. The van der Waals surface area contributed by atoms with Crippen molar-refractivity contribution < 1.29 is 88.8 Å². The number of nitro benzene ring substituents is 8. The molecule has 71 heavy (non-hydrogen) atoms. The Bertz CT molecular complexity index is 2700. The number of hydrogen-bond donors (Lipinski definition) is 0. The molecule has 6 rings (SSSR count). The van der Waals surface area contributed by atoms with Gasteiger partial charge in [-0.05, 0) is 35.7 Å². The molecular formula is C30H23Cu2N18O21-5. The summed E-state index contributed by atoms with van der Waals surface area (Å²) in [6.07, 6.45) is 0. The quantitative estimate of drug-likeness (QED) is 0.0435. The minimum atomic E-state index is -1.04. The second-order valence-corrected chi connectivity index (χ2v) is 11.9. The minimum absolute atomic E-state index is 0. The molecular weight excluding hydrogens is 1080 g/mol. The molecule has 4 aromatic carbocycles. The van der Waals surface area contributed by atoms with Crippen LogP contribution < -0.4 is 10.2 Å². The van der Waals surface area contributed by atoms with Gasteiger partial charge in [0.05, 0.1) is 84.6 Å². The molecule has 0 aliphatic rings. The second-order valence-electron chi connectivity index (χ2n) is 11.9. The zero-order valence-corrected chi connectivity index (χ0v) is 35.7. The summed E-state index contributed by atoms with van der Waals surface area (Å²) in [5.74, 6) is 0. The number of nitrogens with two attached hydrogens (primary N) is 4. The van der Waals surface area contributed by atoms with E-state index >= 15 is 0 Å². The summed E-state index contributed by atoms with van der Waals surface area (Å²) in [4.78, 5) is 103. The van der Waals surface area contributed by atoms with Gasteiger partial charge in [0.1, 0.15) is 11.4 Å². The molecule has 0 aliphatic carbocycles. The molecule has 41 heteroatoms. The summed E-state index contributed by atoms with van der Waals surface area (Å²) in [5, 5.41) is 127. The summed E-state index contributed by atoms with van der Waals surface area (Å²) in [5.41, 5.74) is -12.7. The van der Waals surface area contributed by atoms with Gasteiger partial charge in [0.2, 0.25) is 0 Å². The van der Waals surface area contributed by atoms with E-state index in [0.29, 0.717) is 24.3 Å². The number of hydrogen-bond acceptors (Lipinski definition) is 22. The van der Waals surface area contributed by atoms with Crippen LogP contribution in [0.5, 0.6) is 0 Å². The molecule has 2 aromatic heterocycles. The summed E-state index contributed by atoms with van der Waals surface area (Å²) < 4.78 is 0. The van der Waals surface area contributed by atoms with Gasteiger partial charge in [-0.3, -0.25) is 101 Å². The number of rotatable bonds is 14. The van der Waals surface area contributed by atoms with Crippen LogP contribution in [0.2, 0.25) is 0 Å². The van der Waals surface area contributed by atoms with E-state index in [1.807, 2.05) is 0 Å². The van der Waals surface area contributed by atoms with Crippen molar-refractivity contribution in [2.75, 3.05) is 0 Å². The summed E-state index contributed by atoms with van der Waals surface area (Å²) >= 11 is 0. The molecule has 0 atom stereocenters. The predicted molar refractivity (Wildman–Crippen MR) is 229 cm³/mol. The van der Waals surface area contributed by atoms with Gasteiger partial charge in [-0.25, -0.2) is 0 Å². The number of aromatic nitrogens is 4. The van der Waals surface area contributed by atoms with Crippen molar-refractivity contribution in [1.82, 2.24) is 20.4 Å². The fourth-order valence-electron chi connectivity index (χ4n) is 5.62. The summed E-state index contributed by atoms with van der Waals surface area (Å²) in [6, 6.07) is 9.16. The molecule has 0 bridgehead atoms. The van der Waals surface area contributed by atoms with Gasteiger partial charge in [0, 0.05) is 69.5 Å². The average Bonchev–Trinajstić information content (AvgIpc) is 3.89. The minimum Gasteiger partial charge on any atom is -0.693 e. The first-order valence-corrected chi connectivity index (χ1v) is 16.1. The topological polar surface area (TPSA) is 652 Å². The standard InChI is InChI=1S/2C15H6N7O10.2Cu.4H2N.H2O/c2*23-18(24)7-1-3-9(11(5-7)20(27)28)13-15(22(31)32)14(17-16-13)10-4-2-8(19(25)26)6-12(10)21(29)30;;;;;;;/h2*1-6H;;;5*1H2/q2*-1;;;4*-1;/p+1. The van der Waals surface area contributed by atoms with E-state index in [2.05, 4.69) is 20.4 Å². The Kier molecular flexibility index (Phi) is 23.9. The molecule has 2 radical (unpaired) electrons. The molecule has 2 heterocycles. The predicted octanol–water partition coefficient (Wildman–Crippen LogP) is 7.77. The summed E-state index contributed by atoms with van der Waals surface area (Å²) in [7, 11) is 0. The molecule has 0 saturated carbocycles. The average molecular weight is 1100 g/mol. The van der Waals surface area contributed by atoms with Gasteiger partial charge in [-0.15, -0.1) is 0 Å². The molecule has 0 aliphatic heterocycles. The van der Waals surface area contributed by atoms with E-state index in [9.17, 15) is 101 Å². The van der Waals surface area contributed by atoms with E-state index in [0.717, 1.165) is 48.5 Å². The number of non-ortho nitro benzene ring substituents is 4. The van der Waals surface area contributed by atoms with E-state index in [1.165, 1.54) is 0 Å². The molecule has 0 unspecified atom stereocenters. The molecule has 386 valence electrons. The second kappa shape index (κ2) is 25.9. The number of benzene rings is 4. The maximum Gasteiger partial charge on any atom is 0.285 e. The smallest absolute Gasteiger partial charge is 0.285 e. The third-order valence-corrected chi connectivity index (χ3v) is 8.34. The van der Waals surface area contributed by atoms with Gasteiger partial charge in [-0.2, -0.15) is 0 Å². The summed E-state index contributed by atoms with van der Waals surface area (Å²) in [6.45, 7) is 0. The third-order valence-electron chi connectivity index (χ3n) is 8.34. The van der Waals surface area contributed by atoms with E-state index in [1.54, 1.807) is 0 Å². The van der Waals surface area contributed by atoms with Crippen LogP contribution in [-0.4, -0.2) is 59.4 Å². The largest absolute Gasteiger partial charge is 0.693 e. The maximum atomic E-state index is 11.7. The van der Waals surface area contributed by atoms with E-state index < -0.39 is 151 Å². The Balaban J connectivity index is -0.00000119. The normalized spacial score (nSPS) is 9.46. The van der Waals surface area contributed by atoms with Crippen LogP contribution in [0.1, 0.15) is 0 Å². The Hall–Kier alpha value is -9.86. The van der Waals surface area contributed by atoms with Gasteiger partial charge in [0.15, 0.2) is 0 Å². The first-order valence-electron chi connectivity index (χ1n) is 16.1. The molecule has 39 nitrogen and oxygen atoms in total. The fraction of sp³-hybridized carbons (Fsp3) is 0. The Labute approximate surface area is 408 Å². The monoisotopic (exact) mass is 1100 g/mol. The Morgan fingerprint density at radius 1 is 0.324 bits per heavy atom. The Morgan fingerprint density at radius 3 is 0.732 bits per heavy atom. The molecule has 0 saturated heterocycles. The molecule has 6 aromatic rings. The zero-order chi connectivity index (χ0) is 47.5. The molecule has 0 amide bonds. The van der Waals surface area contributed by atoms with Crippen LogP contribution in [0.4, 0.5) is 56.9 Å². The fourth-order valence-corrected chi connectivity index (χ4v) is 5.62. The van der Waals surface area contributed by atoms with Crippen LogP contribution in [-0.2, 0) is 39.6 Å². The van der Waals surface area contributed by atoms with E-state index in [4.69, 9.17) is 0 Å². The van der Waals surface area contributed by atoms with Crippen molar-refractivity contribution in [2.45, 2.75) is 0 Å². The van der Waals surface area contributed by atoms with Gasteiger partial charge < -0.3 is 50.5 Å². The van der Waals surface area contributed by atoms with Crippen LogP contribution in [0.25, 0.3) is 69.6 Å². The van der Waals surface area contributed by atoms with Gasteiger partial charge >= 0.3 is 0 Å². The number of nitro groups is 10. The first kappa shape index (κ1) is 65.4. The van der Waals surface area contributed by atoms with Gasteiger partial charge in [-0.1, -0.05) is 0 Å². The molecule has 11 N–H and O–H groups in total. The van der Waals surface area contributed by atoms with Crippen LogP contribution >= 0.6 is 0 Å². The van der Waals surface area contributed by atoms with Crippen molar-refractivity contribution in [3.8, 4) is 45.0 Å². The van der Waals surface area contributed by atoms with Crippen LogP contribution in [0.15, 0.2) is 72.8 Å². The van der Waals surface area contributed by atoms with Gasteiger partial charge in [0.25, 0.3) is 56.9 Å². The number of nitrogens with zero attached hydrogens (tertiary/aromatic N) is 14. The van der Waals surface area contributed by atoms with E-state index in [-0.39, 0.29) is 64.2 Å². The Morgan fingerprint density at radius 2 is 0.535 bits per heavy atom. The molecule has 0 spiro atoms. The van der Waals surface area contributed by atoms with Crippen molar-refractivity contribution in [2.24, 2.45) is 0 Å². The third kappa shape index (κ3) is 13.2. The zero-order valence-electron chi connectivity index (χ0n) is 33.8. The SMILES string of the molecule is O=[N+]([O-])c1ccc(-c2n[n-]c(-c3ccc([N+](=O)[O-])cc3[N+](=O)[O-])c2[N+](=O)[O-])c([N+](=O)[O-])c1.O=[N+]([O-])c1ccc(-c2n[n-]c(-c3ccc([N+](=O)[O-])cc3[N+](=O)[O-])c2[N+](=O)[O-])c([N+](=O)[O-])c1.[Cu].[Cu].[NH2-].[NH2-].[NH2-].[NH2-].[OH3+]. The van der Waals surface area contributed by atoms with Crippen molar-refractivity contribution >= 4 is 56.9 Å².